The van der Waals surface area contributed by atoms with E-state index < -0.39 is 30.2 Å². The van der Waals surface area contributed by atoms with Gasteiger partial charge in [0, 0.05) is 13.0 Å². The van der Waals surface area contributed by atoms with Gasteiger partial charge >= 0.3 is 5.97 Å². The minimum absolute atomic E-state index is 0.132. The first-order valence-electron chi connectivity index (χ1n) is 5.48. The number of primary amides is 1. The Morgan fingerprint density at radius 2 is 2.11 bits per heavy atom. The van der Waals surface area contributed by atoms with Crippen LogP contribution in [0.15, 0.2) is 0 Å². The van der Waals surface area contributed by atoms with Crippen molar-refractivity contribution in [2.75, 3.05) is 13.1 Å². The molecule has 4 N–H and O–H groups in total. The van der Waals surface area contributed by atoms with Crippen LogP contribution in [0.5, 0.6) is 0 Å². The lowest BCUT2D eigenvalue weighted by atomic mass is 10.2. The molecule has 0 aromatic heterocycles. The normalized spacial score (nSPS) is 16.4. The molecule has 3 amide bonds. The van der Waals surface area contributed by atoms with Gasteiger partial charge in [-0.3, -0.25) is 14.4 Å². The van der Waals surface area contributed by atoms with E-state index in [1.807, 2.05) is 0 Å². The minimum Gasteiger partial charge on any atom is -0.480 e. The summed E-state index contributed by atoms with van der Waals surface area (Å²) in [5.41, 5.74) is 4.87. The third kappa shape index (κ3) is 4.04. The third-order valence-corrected chi connectivity index (χ3v) is 2.54. The molecule has 0 bridgehead atoms. The van der Waals surface area contributed by atoms with Crippen molar-refractivity contribution in [1.29, 1.82) is 0 Å². The summed E-state index contributed by atoms with van der Waals surface area (Å²) in [5.74, 6) is -2.90. The summed E-state index contributed by atoms with van der Waals surface area (Å²) in [4.78, 5) is 45.5. The quantitative estimate of drug-likeness (QED) is 0.509. The van der Waals surface area contributed by atoms with Gasteiger partial charge in [0.15, 0.2) is 0 Å². The minimum atomic E-state index is -1.35. The van der Waals surface area contributed by atoms with Gasteiger partial charge in [0.05, 0.1) is 13.0 Å². The fourth-order valence-corrected chi connectivity index (χ4v) is 1.69. The number of carboxylic acids is 1. The van der Waals surface area contributed by atoms with Gasteiger partial charge in [-0.15, -0.1) is 0 Å². The number of amides is 3. The van der Waals surface area contributed by atoms with Crippen molar-refractivity contribution < 1.29 is 24.3 Å². The number of rotatable bonds is 6. The van der Waals surface area contributed by atoms with Gasteiger partial charge in [-0.05, 0) is 6.42 Å². The van der Waals surface area contributed by atoms with Crippen LogP contribution < -0.4 is 11.1 Å². The first-order valence-corrected chi connectivity index (χ1v) is 5.48. The zero-order valence-electron chi connectivity index (χ0n) is 9.72. The molecule has 0 aromatic carbocycles. The molecule has 1 aliphatic heterocycles. The van der Waals surface area contributed by atoms with Crippen LogP contribution in [-0.4, -0.2) is 52.8 Å². The van der Waals surface area contributed by atoms with Crippen molar-refractivity contribution in [3.63, 3.8) is 0 Å². The lowest BCUT2D eigenvalue weighted by Crippen LogP contribution is -2.47. The van der Waals surface area contributed by atoms with Gasteiger partial charge in [-0.2, -0.15) is 0 Å². The predicted molar refractivity (Wildman–Crippen MR) is 59.2 cm³/mol. The van der Waals surface area contributed by atoms with Crippen molar-refractivity contribution in [3.05, 3.63) is 0 Å². The molecule has 0 aliphatic carbocycles. The second-order valence-electron chi connectivity index (χ2n) is 4.05. The molecule has 0 saturated carbocycles. The van der Waals surface area contributed by atoms with Crippen LogP contribution in [0.4, 0.5) is 0 Å². The Bertz CT molecular complexity index is 382. The Morgan fingerprint density at radius 1 is 1.44 bits per heavy atom. The van der Waals surface area contributed by atoms with Crippen LogP contribution in [0.1, 0.15) is 19.3 Å². The van der Waals surface area contributed by atoms with Crippen molar-refractivity contribution in [2.24, 2.45) is 5.73 Å². The molecule has 100 valence electrons. The largest absolute Gasteiger partial charge is 0.480 e. The Labute approximate surface area is 103 Å². The number of nitrogens with one attached hydrogen (secondary N) is 1. The highest BCUT2D eigenvalue weighted by molar-refractivity contribution is 5.90. The average molecular weight is 257 g/mol. The van der Waals surface area contributed by atoms with Crippen LogP contribution in [-0.2, 0) is 19.2 Å². The SMILES string of the molecule is NC(=O)CC(NC(=O)CN1CCCC1=O)C(=O)O. The molecule has 1 aliphatic rings. The maximum Gasteiger partial charge on any atom is 0.326 e. The monoisotopic (exact) mass is 257 g/mol. The molecule has 18 heavy (non-hydrogen) atoms. The number of carbonyl (C=O) groups excluding carboxylic acids is 3. The summed E-state index contributed by atoms with van der Waals surface area (Å²) < 4.78 is 0. The van der Waals surface area contributed by atoms with E-state index in [9.17, 15) is 19.2 Å². The van der Waals surface area contributed by atoms with E-state index in [2.05, 4.69) is 5.32 Å². The highest BCUT2D eigenvalue weighted by Gasteiger charge is 2.26. The van der Waals surface area contributed by atoms with E-state index in [4.69, 9.17) is 10.8 Å². The summed E-state index contributed by atoms with van der Waals surface area (Å²) in [5, 5.41) is 10.9. The number of hydrogen-bond acceptors (Lipinski definition) is 4. The Morgan fingerprint density at radius 3 is 2.56 bits per heavy atom. The first-order chi connectivity index (χ1) is 8.40. The second-order valence-corrected chi connectivity index (χ2v) is 4.05. The molecule has 0 aromatic rings. The molecule has 1 unspecified atom stereocenters. The molecule has 1 saturated heterocycles. The van der Waals surface area contributed by atoms with Crippen molar-refractivity contribution in [2.45, 2.75) is 25.3 Å². The molecular weight excluding hydrogens is 242 g/mol. The number of nitrogens with zero attached hydrogens (tertiary/aromatic N) is 1. The highest BCUT2D eigenvalue weighted by atomic mass is 16.4. The third-order valence-electron chi connectivity index (χ3n) is 2.54. The molecule has 1 heterocycles. The van der Waals surface area contributed by atoms with Crippen LogP contribution >= 0.6 is 0 Å². The van der Waals surface area contributed by atoms with Crippen LogP contribution in [0, 0.1) is 0 Å². The predicted octanol–water partition coefficient (Wildman–Crippen LogP) is -1.95. The van der Waals surface area contributed by atoms with Gasteiger partial charge in [-0.1, -0.05) is 0 Å². The summed E-state index contributed by atoms with van der Waals surface area (Å²) in [6.07, 6.45) is 0.613. The number of hydrogen-bond donors (Lipinski definition) is 3. The van der Waals surface area contributed by atoms with Gasteiger partial charge in [0.25, 0.3) is 0 Å². The molecule has 0 radical (unpaired) electrons. The van der Waals surface area contributed by atoms with Crippen molar-refractivity contribution in [1.82, 2.24) is 10.2 Å². The zero-order valence-corrected chi connectivity index (χ0v) is 9.72. The second kappa shape index (κ2) is 5.99. The molecule has 1 atom stereocenters. The first kappa shape index (κ1) is 13.9. The van der Waals surface area contributed by atoms with Gasteiger partial charge < -0.3 is 21.1 Å². The average Bonchev–Trinajstić information content (AvgIpc) is 2.62. The van der Waals surface area contributed by atoms with Gasteiger partial charge in [0.1, 0.15) is 6.04 Å². The molecular formula is C10H15N3O5. The van der Waals surface area contributed by atoms with Crippen LogP contribution in [0.25, 0.3) is 0 Å². The molecule has 8 heteroatoms. The number of nitrogens with two attached hydrogens (primary N) is 1. The number of likely N-dealkylation sites (tertiary alicyclic amines) is 1. The van der Waals surface area contributed by atoms with Gasteiger partial charge in [0.2, 0.25) is 17.7 Å². The van der Waals surface area contributed by atoms with Crippen LogP contribution in [0.3, 0.4) is 0 Å². The Kier molecular flexibility index (Phi) is 4.64. The van der Waals surface area contributed by atoms with E-state index in [0.29, 0.717) is 19.4 Å². The number of aliphatic carboxylic acids is 1. The van der Waals surface area contributed by atoms with E-state index >= 15 is 0 Å². The maximum absolute atomic E-state index is 11.5. The van der Waals surface area contributed by atoms with E-state index in [1.54, 1.807) is 0 Å². The summed E-state index contributed by atoms with van der Waals surface area (Å²) in [6, 6.07) is -1.35. The van der Waals surface area contributed by atoms with E-state index in [1.165, 1.54) is 4.90 Å². The summed E-state index contributed by atoms with van der Waals surface area (Å²) in [6.45, 7) is 0.293. The summed E-state index contributed by atoms with van der Waals surface area (Å²) in [7, 11) is 0. The van der Waals surface area contributed by atoms with Crippen LogP contribution in [0.2, 0.25) is 0 Å². The zero-order chi connectivity index (χ0) is 13.7. The van der Waals surface area contributed by atoms with E-state index in [-0.39, 0.29) is 12.5 Å². The highest BCUT2D eigenvalue weighted by Crippen LogP contribution is 2.08. The Hall–Kier alpha value is -2.12. The molecule has 1 rings (SSSR count). The van der Waals surface area contributed by atoms with Crippen molar-refractivity contribution in [3.8, 4) is 0 Å². The molecule has 1 fully saturated rings. The standard InChI is InChI=1S/C10H15N3O5/c11-7(14)4-6(10(17)18)12-8(15)5-13-3-1-2-9(13)16/h6H,1-5H2,(H2,11,14)(H,12,15)(H,17,18). The smallest absolute Gasteiger partial charge is 0.326 e. The fourth-order valence-electron chi connectivity index (χ4n) is 1.69. The number of carboxylic acid groups (broad SMARTS) is 1. The lowest BCUT2D eigenvalue weighted by molar-refractivity contribution is -0.143. The maximum atomic E-state index is 11.5. The lowest BCUT2D eigenvalue weighted by Gasteiger charge is -2.17. The van der Waals surface area contributed by atoms with E-state index in [0.717, 1.165) is 0 Å². The number of carbonyl (C=O) groups is 4. The Balaban J connectivity index is 2.48. The molecule has 8 nitrogen and oxygen atoms in total. The topological polar surface area (TPSA) is 130 Å². The van der Waals surface area contributed by atoms with Gasteiger partial charge in [-0.25, -0.2) is 4.79 Å². The molecule has 0 spiro atoms. The summed E-state index contributed by atoms with van der Waals surface area (Å²) >= 11 is 0. The fraction of sp³-hybridized carbons (Fsp3) is 0.600. The van der Waals surface area contributed by atoms with Crippen molar-refractivity contribution >= 4 is 23.7 Å².